The second-order valence-corrected chi connectivity index (χ2v) is 11.3. The summed E-state index contributed by atoms with van der Waals surface area (Å²) >= 11 is 7.95. The summed E-state index contributed by atoms with van der Waals surface area (Å²) in [6.45, 7) is 0. The van der Waals surface area contributed by atoms with Crippen LogP contribution in [0.2, 0.25) is 0 Å². The summed E-state index contributed by atoms with van der Waals surface area (Å²) < 4.78 is 25.6. The Balaban J connectivity index is 1.59. The van der Waals surface area contributed by atoms with Gasteiger partial charge in [0.05, 0.1) is 45.6 Å². The number of amides is 1. The van der Waals surface area contributed by atoms with Crippen molar-refractivity contribution in [2.24, 2.45) is 0 Å². The molecule has 5 rings (SSSR count). The smallest absolute Gasteiger partial charge is 0.278 e. The van der Waals surface area contributed by atoms with Crippen LogP contribution in [0.15, 0.2) is 76.7 Å². The van der Waals surface area contributed by atoms with Crippen molar-refractivity contribution in [1.29, 1.82) is 0 Å². The first-order chi connectivity index (χ1) is 20.4. The second kappa shape index (κ2) is 12.7. The largest absolute Gasteiger partial charge is 0.497 e. The van der Waals surface area contributed by atoms with Gasteiger partial charge in [0.15, 0.2) is 26.3 Å². The van der Waals surface area contributed by atoms with Crippen molar-refractivity contribution < 1.29 is 23.7 Å². The van der Waals surface area contributed by atoms with E-state index < -0.39 is 0 Å². The Bertz CT molecular complexity index is 1880. The number of carbonyl (C=O) groups excluding carboxylic acids is 1. The van der Waals surface area contributed by atoms with Crippen molar-refractivity contribution in [1.82, 2.24) is 14.1 Å². The molecule has 10 nitrogen and oxygen atoms in total. The minimum absolute atomic E-state index is 0.0450. The summed E-state index contributed by atoms with van der Waals surface area (Å²) in [5, 5.41) is 3.16. The Kier molecular flexibility index (Phi) is 8.80. The highest BCUT2D eigenvalue weighted by atomic mass is 32.2. The van der Waals surface area contributed by atoms with E-state index in [0.717, 1.165) is 17.4 Å². The number of aromatic nitrogens is 3. The molecule has 0 fully saturated rings. The molecule has 3 aromatic carbocycles. The SMILES string of the molecule is COc1ccc(NC(=O)CSc2nc3c(sc(=S)n3-c3ccccc3)c(=O)n2-c2ccc(OC)c(OC)c2)c(OC)c1. The molecule has 0 saturated carbocycles. The number of nitrogens with zero attached hydrogens (tertiary/aromatic N) is 3. The maximum Gasteiger partial charge on any atom is 0.278 e. The van der Waals surface area contributed by atoms with E-state index in [4.69, 9.17) is 36.1 Å². The Hall–Kier alpha value is -4.33. The van der Waals surface area contributed by atoms with E-state index in [1.54, 1.807) is 48.1 Å². The number of benzene rings is 3. The van der Waals surface area contributed by atoms with Crippen molar-refractivity contribution in [3.8, 4) is 34.4 Å². The number of thioether (sulfide) groups is 1. The first-order valence-electron chi connectivity index (χ1n) is 12.5. The van der Waals surface area contributed by atoms with Crippen LogP contribution in [0.3, 0.4) is 0 Å². The highest BCUT2D eigenvalue weighted by Crippen LogP contribution is 2.33. The van der Waals surface area contributed by atoms with Crippen LogP contribution < -0.4 is 29.8 Å². The second-order valence-electron chi connectivity index (χ2n) is 8.67. The Labute approximate surface area is 254 Å². The van der Waals surface area contributed by atoms with E-state index in [1.807, 2.05) is 30.3 Å². The van der Waals surface area contributed by atoms with Gasteiger partial charge in [-0.2, -0.15) is 0 Å². The molecule has 13 heteroatoms. The number of hydrogen-bond acceptors (Lipinski definition) is 10. The molecule has 0 aliphatic carbocycles. The lowest BCUT2D eigenvalue weighted by atomic mass is 10.2. The van der Waals surface area contributed by atoms with Crippen molar-refractivity contribution in [3.05, 3.63) is 81.0 Å². The summed E-state index contributed by atoms with van der Waals surface area (Å²) in [6.07, 6.45) is 0. The molecule has 0 atom stereocenters. The summed E-state index contributed by atoms with van der Waals surface area (Å²) in [5.41, 5.74) is 1.86. The number of fused-ring (bicyclic) bond motifs is 1. The molecule has 0 aliphatic rings. The monoisotopic (exact) mass is 622 g/mol. The summed E-state index contributed by atoms with van der Waals surface area (Å²) in [6, 6.07) is 19.7. The molecule has 1 N–H and O–H groups in total. The lowest BCUT2D eigenvalue weighted by Gasteiger charge is -2.15. The molecule has 2 aromatic heterocycles. The van der Waals surface area contributed by atoms with Gasteiger partial charge in [-0.25, -0.2) is 4.98 Å². The van der Waals surface area contributed by atoms with Gasteiger partial charge in [-0.1, -0.05) is 41.3 Å². The number of methoxy groups -OCH3 is 4. The number of nitrogens with one attached hydrogen (secondary N) is 1. The van der Waals surface area contributed by atoms with E-state index in [-0.39, 0.29) is 17.2 Å². The van der Waals surface area contributed by atoms with Crippen molar-refractivity contribution in [2.45, 2.75) is 5.16 Å². The zero-order valence-corrected chi connectivity index (χ0v) is 25.5. The minimum Gasteiger partial charge on any atom is -0.497 e. The third kappa shape index (κ3) is 5.71. The number of ether oxygens (including phenoxy) is 4. The zero-order valence-electron chi connectivity index (χ0n) is 23.1. The number of hydrogen-bond donors (Lipinski definition) is 1. The van der Waals surface area contributed by atoms with Gasteiger partial charge in [-0.05, 0) is 48.6 Å². The fourth-order valence-corrected chi connectivity index (χ4v) is 6.35. The summed E-state index contributed by atoms with van der Waals surface area (Å²) in [5.74, 6) is 1.64. The number of carbonyl (C=O) groups is 1. The van der Waals surface area contributed by atoms with Crippen LogP contribution in [-0.4, -0.2) is 54.2 Å². The average molecular weight is 623 g/mol. The minimum atomic E-state index is -0.322. The van der Waals surface area contributed by atoms with Gasteiger partial charge < -0.3 is 24.3 Å². The van der Waals surface area contributed by atoms with Crippen molar-refractivity contribution in [3.63, 3.8) is 0 Å². The third-order valence-corrected chi connectivity index (χ3v) is 8.52. The number of thiazole rings is 1. The lowest BCUT2D eigenvalue weighted by molar-refractivity contribution is -0.113. The van der Waals surface area contributed by atoms with Crippen LogP contribution >= 0.6 is 35.3 Å². The highest BCUT2D eigenvalue weighted by molar-refractivity contribution is 7.99. The van der Waals surface area contributed by atoms with Crippen LogP contribution in [0.5, 0.6) is 23.0 Å². The van der Waals surface area contributed by atoms with Gasteiger partial charge in [0, 0.05) is 17.8 Å². The zero-order chi connectivity index (χ0) is 29.8. The fraction of sp³-hybridized carbons (Fsp3) is 0.172. The van der Waals surface area contributed by atoms with Gasteiger partial charge >= 0.3 is 0 Å². The third-order valence-electron chi connectivity index (χ3n) is 6.23. The fourth-order valence-electron chi connectivity index (χ4n) is 4.25. The van der Waals surface area contributed by atoms with E-state index >= 15 is 0 Å². The predicted molar refractivity (Wildman–Crippen MR) is 167 cm³/mol. The molecular weight excluding hydrogens is 597 g/mol. The van der Waals surface area contributed by atoms with Crippen LogP contribution in [0.4, 0.5) is 5.69 Å². The molecule has 0 saturated heterocycles. The summed E-state index contributed by atoms with van der Waals surface area (Å²) in [7, 11) is 6.12. The number of rotatable bonds is 10. The van der Waals surface area contributed by atoms with E-state index in [2.05, 4.69) is 5.32 Å². The normalized spacial score (nSPS) is 10.9. The standard InChI is InChI=1S/C29H26N4O6S3/c1-36-19-11-12-20(22(15-19)38-3)30-24(34)16-41-28-31-26-25(42-29(40)32(26)17-8-6-5-7-9-17)27(35)33(28)18-10-13-21(37-2)23(14-18)39-4/h5-15H,16H2,1-4H3,(H,30,34). The van der Waals surface area contributed by atoms with Gasteiger partial charge in [0.1, 0.15) is 16.2 Å². The molecule has 216 valence electrons. The highest BCUT2D eigenvalue weighted by Gasteiger charge is 2.21. The molecule has 0 aliphatic heterocycles. The maximum atomic E-state index is 14.0. The van der Waals surface area contributed by atoms with Gasteiger partial charge in [-0.3, -0.25) is 18.7 Å². The molecule has 1 amide bonds. The molecule has 42 heavy (non-hydrogen) atoms. The molecule has 2 heterocycles. The average Bonchev–Trinajstić information content (AvgIpc) is 3.36. The van der Waals surface area contributed by atoms with E-state index in [1.165, 1.54) is 37.2 Å². The Morgan fingerprint density at radius 2 is 1.62 bits per heavy atom. The van der Waals surface area contributed by atoms with Crippen LogP contribution in [0, 0.1) is 3.95 Å². The maximum absolute atomic E-state index is 14.0. The van der Waals surface area contributed by atoms with Crippen LogP contribution in [0.25, 0.3) is 21.7 Å². The Morgan fingerprint density at radius 3 is 2.31 bits per heavy atom. The molecule has 0 radical (unpaired) electrons. The first kappa shape index (κ1) is 29.2. The quantitative estimate of drug-likeness (QED) is 0.119. The van der Waals surface area contributed by atoms with E-state index in [0.29, 0.717) is 53.8 Å². The van der Waals surface area contributed by atoms with Crippen molar-refractivity contribution in [2.75, 3.05) is 39.5 Å². The van der Waals surface area contributed by atoms with Crippen molar-refractivity contribution >= 4 is 57.3 Å². The Morgan fingerprint density at radius 1 is 0.881 bits per heavy atom. The molecular formula is C29H26N4O6S3. The van der Waals surface area contributed by atoms with Gasteiger partial charge in [0.2, 0.25) is 5.91 Å². The first-order valence-corrected chi connectivity index (χ1v) is 14.7. The molecule has 0 unspecified atom stereocenters. The van der Waals surface area contributed by atoms with E-state index in [9.17, 15) is 9.59 Å². The van der Waals surface area contributed by atoms with Gasteiger partial charge in [-0.15, -0.1) is 0 Å². The molecule has 0 bridgehead atoms. The van der Waals surface area contributed by atoms with Gasteiger partial charge in [0.25, 0.3) is 5.56 Å². The summed E-state index contributed by atoms with van der Waals surface area (Å²) in [4.78, 5) is 32.0. The lowest BCUT2D eigenvalue weighted by Crippen LogP contribution is -2.23. The number of anilines is 1. The van der Waals surface area contributed by atoms with Crippen LogP contribution in [-0.2, 0) is 4.79 Å². The van der Waals surface area contributed by atoms with Crippen LogP contribution in [0.1, 0.15) is 0 Å². The molecule has 5 aromatic rings. The number of para-hydroxylation sites is 1. The molecule has 0 spiro atoms. The predicted octanol–water partition coefficient (Wildman–Crippen LogP) is 5.73. The topological polar surface area (TPSA) is 106 Å².